The molecular weight excluding hydrogens is 617 g/mol. The van der Waals surface area contributed by atoms with Crippen LogP contribution < -0.4 is 0 Å². The lowest BCUT2D eigenvalue weighted by atomic mass is 9.97. The minimum atomic E-state index is 1.01. The summed E-state index contributed by atoms with van der Waals surface area (Å²) in [4.78, 5) is 0. The third-order valence-corrected chi connectivity index (χ3v) is 10.9. The van der Waals surface area contributed by atoms with Crippen molar-refractivity contribution >= 4 is 43.6 Å². The van der Waals surface area contributed by atoms with Crippen LogP contribution in [0, 0.1) is 0 Å². The van der Waals surface area contributed by atoms with Gasteiger partial charge in [0.1, 0.15) is 0 Å². The zero-order chi connectivity index (χ0) is 33.5. The van der Waals surface area contributed by atoms with Crippen LogP contribution in [-0.4, -0.2) is 9.13 Å². The first kappa shape index (κ1) is 28.2. The number of fused-ring (bicyclic) bond motifs is 9. The van der Waals surface area contributed by atoms with E-state index in [0.29, 0.717) is 0 Å². The lowest BCUT2D eigenvalue weighted by Gasteiger charge is -2.10. The Morgan fingerprint density at radius 3 is 1.63 bits per heavy atom. The zero-order valence-electron chi connectivity index (χ0n) is 27.9. The fraction of sp³-hybridized carbons (Fsp3) is 0.0204. The van der Waals surface area contributed by atoms with E-state index in [0.717, 1.165) is 17.8 Å². The topological polar surface area (TPSA) is 9.86 Å². The molecular formula is C49H32N2. The molecule has 11 rings (SSSR count). The third-order valence-electron chi connectivity index (χ3n) is 10.9. The van der Waals surface area contributed by atoms with E-state index in [1.807, 2.05) is 0 Å². The van der Waals surface area contributed by atoms with E-state index in [9.17, 15) is 0 Å². The molecule has 2 aromatic heterocycles. The molecule has 0 N–H and O–H groups in total. The third kappa shape index (κ3) is 4.30. The van der Waals surface area contributed by atoms with Gasteiger partial charge in [0.15, 0.2) is 0 Å². The molecule has 0 spiro atoms. The highest BCUT2D eigenvalue weighted by Crippen LogP contribution is 2.42. The maximum Gasteiger partial charge on any atom is 0.0542 e. The van der Waals surface area contributed by atoms with Crippen molar-refractivity contribution < 1.29 is 0 Å². The Labute approximate surface area is 296 Å². The van der Waals surface area contributed by atoms with Gasteiger partial charge in [-0.2, -0.15) is 0 Å². The van der Waals surface area contributed by atoms with Crippen molar-refractivity contribution in [3.8, 4) is 44.8 Å². The van der Waals surface area contributed by atoms with Gasteiger partial charge in [-0.05, 0) is 118 Å². The highest BCUT2D eigenvalue weighted by Gasteiger charge is 2.20. The normalized spacial score (nSPS) is 12.2. The number of benzene rings is 8. The molecule has 0 unspecified atom stereocenters. The van der Waals surface area contributed by atoms with Gasteiger partial charge in [-0.3, -0.25) is 0 Å². The number of nitrogens with zero attached hydrogens (tertiary/aromatic N) is 2. The van der Waals surface area contributed by atoms with Gasteiger partial charge in [-0.1, -0.05) is 115 Å². The molecule has 238 valence electrons. The second-order valence-electron chi connectivity index (χ2n) is 13.8. The van der Waals surface area contributed by atoms with Crippen molar-refractivity contribution in [2.24, 2.45) is 0 Å². The van der Waals surface area contributed by atoms with Crippen molar-refractivity contribution in [3.05, 3.63) is 193 Å². The summed E-state index contributed by atoms with van der Waals surface area (Å²) in [7, 11) is 0. The molecule has 10 aromatic rings. The Morgan fingerprint density at radius 1 is 0.294 bits per heavy atom. The molecule has 0 radical (unpaired) electrons. The maximum absolute atomic E-state index is 2.44. The molecule has 0 bridgehead atoms. The summed E-state index contributed by atoms with van der Waals surface area (Å²) >= 11 is 0. The average molecular weight is 649 g/mol. The monoisotopic (exact) mass is 648 g/mol. The Morgan fingerprint density at radius 2 is 0.824 bits per heavy atom. The van der Waals surface area contributed by atoms with Gasteiger partial charge in [0.2, 0.25) is 0 Å². The van der Waals surface area contributed by atoms with E-state index in [1.54, 1.807) is 0 Å². The van der Waals surface area contributed by atoms with Crippen LogP contribution in [0.1, 0.15) is 11.1 Å². The van der Waals surface area contributed by atoms with Crippen molar-refractivity contribution in [1.82, 2.24) is 9.13 Å². The zero-order valence-corrected chi connectivity index (χ0v) is 27.9. The minimum Gasteiger partial charge on any atom is -0.309 e. The summed E-state index contributed by atoms with van der Waals surface area (Å²) in [5, 5.41) is 5.02. The van der Waals surface area contributed by atoms with Crippen molar-refractivity contribution in [2.75, 3.05) is 0 Å². The Kier molecular flexibility index (Phi) is 6.05. The van der Waals surface area contributed by atoms with Gasteiger partial charge in [-0.15, -0.1) is 0 Å². The summed E-state index contributed by atoms with van der Waals surface area (Å²) in [5.41, 5.74) is 17.7. The average Bonchev–Trinajstić information content (AvgIpc) is 3.85. The van der Waals surface area contributed by atoms with E-state index in [4.69, 9.17) is 0 Å². The van der Waals surface area contributed by atoms with E-state index in [2.05, 4.69) is 191 Å². The predicted octanol–water partition coefficient (Wildman–Crippen LogP) is 12.8. The molecule has 2 heteroatoms. The molecule has 0 amide bonds. The van der Waals surface area contributed by atoms with Crippen molar-refractivity contribution in [1.29, 1.82) is 0 Å². The first-order chi connectivity index (χ1) is 25.3. The Balaban J connectivity index is 1.14. The molecule has 1 aliphatic carbocycles. The Hall–Kier alpha value is -6.64. The smallest absolute Gasteiger partial charge is 0.0542 e. The van der Waals surface area contributed by atoms with Crippen LogP contribution in [0.3, 0.4) is 0 Å². The summed E-state index contributed by atoms with van der Waals surface area (Å²) < 4.78 is 4.85. The van der Waals surface area contributed by atoms with Gasteiger partial charge in [0.05, 0.1) is 22.1 Å². The van der Waals surface area contributed by atoms with Crippen molar-refractivity contribution in [2.45, 2.75) is 6.42 Å². The second-order valence-corrected chi connectivity index (χ2v) is 13.8. The molecule has 0 atom stereocenters. The number of hydrogen-bond donors (Lipinski definition) is 0. The lowest BCUT2D eigenvalue weighted by molar-refractivity contribution is 1.17. The first-order valence-corrected chi connectivity index (χ1v) is 17.7. The quantitative estimate of drug-likeness (QED) is 0.180. The van der Waals surface area contributed by atoms with Gasteiger partial charge in [-0.25, -0.2) is 0 Å². The van der Waals surface area contributed by atoms with Gasteiger partial charge in [0.25, 0.3) is 0 Å². The molecule has 0 saturated carbocycles. The molecule has 0 saturated heterocycles. The standard InChI is InChI=1S/C49H32N2/c1-3-11-32(12-4-1)33-21-24-47-43(29-33)41-17-9-10-18-46(41)51(47)39-23-26-49-45(31-39)44-30-35(22-25-48(44)50(49)38-14-5-2-6-15-38)34-19-20-37-27-36-13-7-8-16-40(36)42(37)28-34/h1-26,28-31H,27H2. The summed E-state index contributed by atoms with van der Waals surface area (Å²) in [5.74, 6) is 0. The number of rotatable bonds is 4. The number of hydrogen-bond acceptors (Lipinski definition) is 0. The molecule has 2 nitrogen and oxygen atoms in total. The molecule has 2 heterocycles. The second kappa shape index (κ2) is 10.9. The van der Waals surface area contributed by atoms with Crippen LogP contribution in [0.4, 0.5) is 0 Å². The van der Waals surface area contributed by atoms with E-state index < -0.39 is 0 Å². The lowest BCUT2D eigenvalue weighted by Crippen LogP contribution is -1.95. The highest BCUT2D eigenvalue weighted by atomic mass is 15.0. The van der Waals surface area contributed by atoms with Crippen LogP contribution in [0.5, 0.6) is 0 Å². The van der Waals surface area contributed by atoms with E-state index >= 15 is 0 Å². The van der Waals surface area contributed by atoms with Crippen LogP contribution in [0.25, 0.3) is 88.4 Å². The highest BCUT2D eigenvalue weighted by molar-refractivity contribution is 6.13. The fourth-order valence-electron chi connectivity index (χ4n) is 8.55. The van der Waals surface area contributed by atoms with Gasteiger partial charge in [0, 0.05) is 32.9 Å². The Bertz CT molecular complexity index is 2980. The van der Waals surface area contributed by atoms with Crippen LogP contribution in [-0.2, 0) is 6.42 Å². The molecule has 0 aliphatic heterocycles. The number of aromatic nitrogens is 2. The SMILES string of the molecule is c1ccc(-c2ccc3c(c2)c2ccccc2n3-c2ccc3c(c2)c2cc(-c4ccc5c(c4)-c4ccccc4C5)ccc2n3-c2ccccc2)cc1. The first-order valence-electron chi connectivity index (χ1n) is 17.7. The minimum absolute atomic E-state index is 1.01. The largest absolute Gasteiger partial charge is 0.309 e. The van der Waals surface area contributed by atoms with E-state index in [-0.39, 0.29) is 0 Å². The van der Waals surface area contributed by atoms with Crippen LogP contribution >= 0.6 is 0 Å². The molecule has 51 heavy (non-hydrogen) atoms. The van der Waals surface area contributed by atoms with Crippen molar-refractivity contribution in [3.63, 3.8) is 0 Å². The molecule has 8 aromatic carbocycles. The summed E-state index contributed by atoms with van der Waals surface area (Å²) in [6.45, 7) is 0. The fourth-order valence-corrected chi connectivity index (χ4v) is 8.55. The molecule has 0 fully saturated rings. The van der Waals surface area contributed by atoms with Crippen LogP contribution in [0.15, 0.2) is 182 Å². The number of para-hydroxylation sites is 2. The van der Waals surface area contributed by atoms with Crippen LogP contribution in [0.2, 0.25) is 0 Å². The van der Waals surface area contributed by atoms with E-state index in [1.165, 1.54) is 88.1 Å². The summed E-state index contributed by atoms with van der Waals surface area (Å²) in [6, 6.07) is 67.0. The van der Waals surface area contributed by atoms with Gasteiger partial charge < -0.3 is 9.13 Å². The predicted molar refractivity (Wildman–Crippen MR) is 214 cm³/mol. The van der Waals surface area contributed by atoms with Gasteiger partial charge >= 0.3 is 0 Å². The summed E-state index contributed by atoms with van der Waals surface area (Å²) in [6.07, 6.45) is 1.01. The maximum atomic E-state index is 2.44. The molecule has 1 aliphatic rings.